The molecule has 1 aromatic heterocycles. The Morgan fingerprint density at radius 2 is 1.20 bits per heavy atom. The van der Waals surface area contributed by atoms with Crippen molar-refractivity contribution in [3.63, 3.8) is 0 Å². The molecule has 12 atom stereocenters. The van der Waals surface area contributed by atoms with Crippen molar-refractivity contribution in [2.75, 3.05) is 44.0 Å². The second kappa shape index (κ2) is 37.3. The summed E-state index contributed by atoms with van der Waals surface area (Å²) in [4.78, 5) is 147. The molecule has 0 aliphatic carbocycles. The van der Waals surface area contributed by atoms with Crippen LogP contribution in [0.25, 0.3) is 10.9 Å². The van der Waals surface area contributed by atoms with Crippen LogP contribution in [0.3, 0.4) is 0 Å². The van der Waals surface area contributed by atoms with Gasteiger partial charge in [-0.25, -0.2) is 0 Å². The van der Waals surface area contributed by atoms with E-state index in [-0.39, 0.29) is 73.8 Å². The number of rotatable bonds is 29. The van der Waals surface area contributed by atoms with Crippen molar-refractivity contribution in [1.29, 1.82) is 0 Å². The smallest absolute Gasteiger partial charge is 0.245 e. The largest absolute Gasteiger partial charge is 0.508 e. The summed E-state index contributed by atoms with van der Waals surface area (Å²) in [7, 11) is 1.32. The lowest BCUT2D eigenvalue weighted by atomic mass is 10.00. The molecule has 95 heavy (non-hydrogen) atoms. The number of nitrogens with zero attached hydrogens (tertiary/aromatic N) is 1. The fourth-order valence-electron chi connectivity index (χ4n) is 10.4. The van der Waals surface area contributed by atoms with Gasteiger partial charge in [-0.05, 0) is 104 Å². The Labute approximate surface area is 559 Å². The maximum atomic E-state index is 15.2. The zero-order valence-corrected chi connectivity index (χ0v) is 54.7. The van der Waals surface area contributed by atoms with E-state index in [1.165, 1.54) is 69.4 Å². The number of phenols is 2. The van der Waals surface area contributed by atoms with E-state index in [1.807, 2.05) is 18.2 Å². The fourth-order valence-corrected chi connectivity index (χ4v) is 11.5. The number of carbonyl (C=O) groups is 10. The Bertz CT molecular complexity index is 3400. The highest BCUT2D eigenvalue weighted by molar-refractivity contribution is 7.99. The second-order valence-electron chi connectivity index (χ2n) is 23.3. The van der Waals surface area contributed by atoms with Gasteiger partial charge in [-0.15, -0.1) is 0 Å². The van der Waals surface area contributed by atoms with Crippen LogP contribution in [-0.4, -0.2) is 211 Å². The summed E-state index contributed by atoms with van der Waals surface area (Å²) >= 11 is 5.20. The minimum atomic E-state index is -1.69. The summed E-state index contributed by atoms with van der Waals surface area (Å²) in [6.45, 7) is 1.82. The first kappa shape index (κ1) is 75.3. The Morgan fingerprint density at radius 1 is 0.642 bits per heavy atom. The van der Waals surface area contributed by atoms with Gasteiger partial charge in [-0.3, -0.25) is 47.9 Å². The summed E-state index contributed by atoms with van der Waals surface area (Å²) in [6.07, 6.45) is -1.07. The van der Waals surface area contributed by atoms with Gasteiger partial charge < -0.3 is 94.7 Å². The number of unbranched alkanes of at least 4 members (excludes halogenated alkanes) is 1. The highest BCUT2D eigenvalue weighted by Gasteiger charge is 2.39. The molecule has 28 nitrogen and oxygen atoms in total. The van der Waals surface area contributed by atoms with E-state index in [0.717, 1.165) is 27.6 Å². The molecular formula is C65H87N13O15S2. The maximum Gasteiger partial charge on any atom is 0.245 e. The lowest BCUT2D eigenvalue weighted by Gasteiger charge is -2.33. The zero-order valence-electron chi connectivity index (χ0n) is 53.0. The monoisotopic (exact) mass is 1350 g/mol. The van der Waals surface area contributed by atoms with Crippen molar-refractivity contribution in [3.8, 4) is 11.5 Å². The van der Waals surface area contributed by atoms with Crippen molar-refractivity contribution in [1.82, 2.24) is 57.7 Å². The van der Waals surface area contributed by atoms with Crippen LogP contribution in [0.15, 0.2) is 109 Å². The number of aromatic amines is 1. The molecule has 30 heteroatoms. The molecule has 1 saturated heterocycles. The van der Waals surface area contributed by atoms with E-state index in [0.29, 0.717) is 35.1 Å². The summed E-state index contributed by atoms with van der Waals surface area (Å²) in [6, 6.07) is 13.4. The topological polar surface area (TPSA) is 451 Å². The molecule has 514 valence electrons. The first-order chi connectivity index (χ1) is 45.4. The Balaban J connectivity index is 1.26. The number of aromatic hydroxyl groups is 2. The Hall–Kier alpha value is -8.78. The van der Waals surface area contributed by atoms with E-state index in [1.54, 1.807) is 42.6 Å². The van der Waals surface area contributed by atoms with E-state index < -0.39 is 145 Å². The fraction of sp³-hybridized carbons (Fsp3) is 0.446. The number of aromatic nitrogens is 1. The standard InChI is InChI=1S/C65H87N13O15S2/c1-36(80)52(33-79)75-62(90)53(34-94)76-60(88)48(27-39-16-20-42(82)21-17-39)71-57(85)45(67)32-69-55(84)35-95-26-24-54-63(91)73-49(28-40-18-22-43(83)23-19-40)59(87)72-50(30-41-31-68-46-14-8-7-13-44(41)46)61(89)70-47(15-9-10-25-66)58(86)77-56(37(2)81)64(92)74-51(65(93)78(54)3)29-38-11-5-4-6-12-38/h4-8,11-14,16-23,31,36-37,45,47-54,56,68,79-83,94H,9-10,15,24-30,32-35,66-67H2,1-3H3,(H,69,84)(H,70,89)(H,71,85)(H,72,87)(H,73,91)(H,74,92)(H,75,90)(H,76,88)(H,77,86)/t36-,37-,45+,47+,48+,49+,50-,51+,52-,53+,54+,56+/m1/s1. The number of H-pyrrole nitrogens is 1. The molecule has 4 aromatic carbocycles. The molecule has 19 N–H and O–H groups in total. The Morgan fingerprint density at radius 3 is 1.83 bits per heavy atom. The van der Waals surface area contributed by atoms with Crippen LogP contribution >= 0.6 is 24.4 Å². The molecule has 1 fully saturated rings. The van der Waals surface area contributed by atoms with Gasteiger partial charge in [0.2, 0.25) is 59.1 Å². The van der Waals surface area contributed by atoms with Gasteiger partial charge in [0.1, 0.15) is 65.9 Å². The molecule has 6 rings (SSSR count). The van der Waals surface area contributed by atoms with E-state index in [4.69, 9.17) is 11.5 Å². The number of benzene rings is 4. The van der Waals surface area contributed by atoms with E-state index in [9.17, 15) is 59.1 Å². The number of thiol groups is 1. The molecule has 0 unspecified atom stereocenters. The maximum absolute atomic E-state index is 15.2. The van der Waals surface area contributed by atoms with Gasteiger partial charge >= 0.3 is 0 Å². The SMILES string of the molecule is C[C@@H](O)[C@@H]1NC(=O)[C@H](CCCCN)NC(=O)[C@@H](Cc2c[nH]c3ccccc23)NC(=O)[C@H](Cc2ccc(O)cc2)NC(=O)[C@H](CCSCC(=O)NC[C@H](N)C(=O)N[C@@H](Cc2ccc(O)cc2)C(=O)N[C@@H](CS)C(=O)N[C@H](CO)[C@@H](C)O)N(C)C(=O)[C@H](Cc2ccccc2)NC1=O. The van der Waals surface area contributed by atoms with Crippen LogP contribution in [0.1, 0.15) is 61.8 Å². The number of aliphatic hydroxyl groups is 3. The second-order valence-corrected chi connectivity index (χ2v) is 24.8. The van der Waals surface area contributed by atoms with Crippen molar-refractivity contribution < 1.29 is 73.5 Å². The first-order valence-electron chi connectivity index (χ1n) is 31.1. The van der Waals surface area contributed by atoms with Gasteiger partial charge in [-0.1, -0.05) is 72.8 Å². The molecular weight excluding hydrogens is 1270 g/mol. The average molecular weight is 1350 g/mol. The molecule has 0 radical (unpaired) electrons. The van der Waals surface area contributed by atoms with Crippen LogP contribution in [-0.2, 0) is 73.6 Å². The number of likely N-dealkylation sites (N-methyl/N-ethyl adjacent to an activating group) is 1. The van der Waals surface area contributed by atoms with Crippen LogP contribution < -0.4 is 59.3 Å². The zero-order chi connectivity index (χ0) is 69.3. The minimum absolute atomic E-state index is 0.0192. The average Bonchev–Trinajstić information content (AvgIpc) is 1.81. The molecule has 0 spiro atoms. The molecule has 10 amide bonds. The summed E-state index contributed by atoms with van der Waals surface area (Å²) in [5.41, 5.74) is 14.9. The molecule has 5 aromatic rings. The predicted molar refractivity (Wildman–Crippen MR) is 358 cm³/mol. The van der Waals surface area contributed by atoms with Crippen LogP contribution in [0, 0.1) is 0 Å². The summed E-state index contributed by atoms with van der Waals surface area (Å²) < 4.78 is 0. The van der Waals surface area contributed by atoms with Crippen molar-refractivity contribution in [2.45, 2.75) is 138 Å². The normalized spacial score (nSPS) is 20.4. The molecule has 0 bridgehead atoms. The minimum Gasteiger partial charge on any atom is -0.508 e. The van der Waals surface area contributed by atoms with Gasteiger partial charge in [0.15, 0.2) is 0 Å². The van der Waals surface area contributed by atoms with Crippen molar-refractivity contribution in [3.05, 3.63) is 132 Å². The van der Waals surface area contributed by atoms with E-state index in [2.05, 4.69) is 65.5 Å². The predicted octanol–water partition coefficient (Wildman–Crippen LogP) is -2.05. The van der Waals surface area contributed by atoms with Gasteiger partial charge in [0.05, 0.1) is 30.6 Å². The lowest BCUT2D eigenvalue weighted by molar-refractivity contribution is -0.143. The number of aliphatic hydroxyl groups excluding tert-OH is 3. The highest BCUT2D eigenvalue weighted by atomic mass is 32.2. The number of phenolic OH excluding ortho intramolecular Hbond substituents is 2. The highest BCUT2D eigenvalue weighted by Crippen LogP contribution is 2.22. The number of nitrogens with one attached hydrogen (secondary N) is 10. The van der Waals surface area contributed by atoms with Crippen molar-refractivity contribution >= 4 is 94.4 Å². The number of thioether (sulfide) groups is 1. The summed E-state index contributed by atoms with van der Waals surface area (Å²) in [5, 5.41) is 75.3. The molecule has 2 heterocycles. The lowest BCUT2D eigenvalue weighted by Crippen LogP contribution is -2.63. The number of hydrogen-bond donors (Lipinski definition) is 18. The first-order valence-corrected chi connectivity index (χ1v) is 32.9. The van der Waals surface area contributed by atoms with Crippen LogP contribution in [0.4, 0.5) is 0 Å². The van der Waals surface area contributed by atoms with Crippen LogP contribution in [0.2, 0.25) is 0 Å². The molecule has 1 aliphatic heterocycles. The van der Waals surface area contributed by atoms with Gasteiger partial charge in [-0.2, -0.15) is 24.4 Å². The van der Waals surface area contributed by atoms with Gasteiger partial charge in [0.25, 0.3) is 0 Å². The number of amides is 10. The quantitative estimate of drug-likeness (QED) is 0.0181. The molecule has 0 saturated carbocycles. The third-order valence-electron chi connectivity index (χ3n) is 16.0. The number of hydrogen-bond acceptors (Lipinski definition) is 19. The van der Waals surface area contributed by atoms with Crippen molar-refractivity contribution in [2.24, 2.45) is 11.5 Å². The third-order valence-corrected chi connectivity index (χ3v) is 17.3. The Kier molecular flexibility index (Phi) is 29.6. The van der Waals surface area contributed by atoms with E-state index >= 15 is 14.4 Å². The van der Waals surface area contributed by atoms with Gasteiger partial charge in [0, 0.05) is 62.1 Å². The number of nitrogens with two attached hydrogens (primary N) is 2. The third kappa shape index (κ3) is 23.0. The number of para-hydroxylation sites is 1. The summed E-state index contributed by atoms with van der Waals surface area (Å²) in [5.74, 6) is -8.99. The van der Waals surface area contributed by atoms with Crippen LogP contribution in [0.5, 0.6) is 11.5 Å². The molecule has 1 aliphatic rings. The number of fused-ring (bicyclic) bond motifs is 1. The number of carbonyl (C=O) groups excluding carboxylic acids is 10.